The molecule has 10 heteroatoms. The third-order valence-corrected chi connectivity index (χ3v) is 6.46. The maximum atomic E-state index is 12.3. The predicted molar refractivity (Wildman–Crippen MR) is 104 cm³/mol. The number of carbonyl (C=O) groups is 1. The Morgan fingerprint density at radius 2 is 1.48 bits per heavy atom. The van der Waals surface area contributed by atoms with Gasteiger partial charge in [-0.15, -0.1) is 10.2 Å². The molecule has 0 spiro atoms. The highest BCUT2D eigenvalue weighted by Crippen LogP contribution is 2.19. The van der Waals surface area contributed by atoms with Crippen molar-refractivity contribution in [2.75, 3.05) is 68.9 Å². The van der Waals surface area contributed by atoms with E-state index in [0.29, 0.717) is 26.2 Å². The van der Waals surface area contributed by atoms with Crippen LogP contribution in [0.4, 0.5) is 11.6 Å². The molecule has 150 valence electrons. The number of nitrogens with zero attached hydrogens (tertiary/aromatic N) is 6. The van der Waals surface area contributed by atoms with E-state index in [2.05, 4.69) is 20.0 Å². The van der Waals surface area contributed by atoms with Gasteiger partial charge in [-0.2, -0.15) is 4.31 Å². The minimum absolute atomic E-state index is 0.122. The number of piperidine rings is 1. The number of hydrogen-bond donors (Lipinski definition) is 0. The van der Waals surface area contributed by atoms with E-state index in [1.807, 2.05) is 12.1 Å². The Labute approximate surface area is 161 Å². The zero-order chi connectivity index (χ0) is 19.4. The Balaban J connectivity index is 1.52. The van der Waals surface area contributed by atoms with Gasteiger partial charge >= 0.3 is 0 Å². The van der Waals surface area contributed by atoms with E-state index in [-0.39, 0.29) is 12.5 Å². The van der Waals surface area contributed by atoms with E-state index < -0.39 is 10.0 Å². The van der Waals surface area contributed by atoms with Gasteiger partial charge in [-0.25, -0.2) is 8.42 Å². The third-order valence-electron chi connectivity index (χ3n) is 5.20. The second-order valence-electron chi connectivity index (χ2n) is 7.18. The van der Waals surface area contributed by atoms with Crippen molar-refractivity contribution in [2.24, 2.45) is 0 Å². The van der Waals surface area contributed by atoms with Gasteiger partial charge in [0.25, 0.3) is 0 Å². The molecule has 0 unspecified atom stereocenters. The zero-order valence-corrected chi connectivity index (χ0v) is 16.9. The van der Waals surface area contributed by atoms with Crippen LogP contribution in [0.2, 0.25) is 0 Å². The Kier molecular flexibility index (Phi) is 6.15. The Hall–Kier alpha value is -1.94. The number of likely N-dealkylation sites (N-methyl/N-ethyl adjacent to an activating group) is 1. The number of aromatic nitrogens is 2. The molecular weight excluding hydrogens is 368 g/mol. The first-order valence-corrected chi connectivity index (χ1v) is 11.2. The molecule has 0 aromatic carbocycles. The first-order chi connectivity index (χ1) is 12.8. The molecule has 2 fully saturated rings. The molecule has 0 bridgehead atoms. The van der Waals surface area contributed by atoms with Crippen molar-refractivity contribution in [2.45, 2.75) is 19.3 Å². The van der Waals surface area contributed by atoms with Crippen LogP contribution >= 0.6 is 0 Å². The van der Waals surface area contributed by atoms with Crippen LogP contribution in [-0.2, 0) is 14.8 Å². The van der Waals surface area contributed by atoms with E-state index in [9.17, 15) is 13.2 Å². The SMILES string of the molecule is CN(CC(=O)N1CCN(c2ccc(N3CCCCC3)nn2)CC1)S(C)(=O)=O. The lowest BCUT2D eigenvalue weighted by Gasteiger charge is -2.36. The molecule has 0 aliphatic carbocycles. The Morgan fingerprint density at radius 1 is 0.963 bits per heavy atom. The van der Waals surface area contributed by atoms with Crippen molar-refractivity contribution in [1.29, 1.82) is 0 Å². The summed E-state index contributed by atoms with van der Waals surface area (Å²) in [5.41, 5.74) is 0. The van der Waals surface area contributed by atoms with Gasteiger partial charge < -0.3 is 14.7 Å². The van der Waals surface area contributed by atoms with Crippen molar-refractivity contribution in [3.8, 4) is 0 Å². The Bertz CT molecular complexity index is 740. The Morgan fingerprint density at radius 3 is 1.96 bits per heavy atom. The first-order valence-electron chi connectivity index (χ1n) is 9.37. The highest BCUT2D eigenvalue weighted by atomic mass is 32.2. The summed E-state index contributed by atoms with van der Waals surface area (Å²) in [4.78, 5) is 18.4. The van der Waals surface area contributed by atoms with E-state index in [1.54, 1.807) is 4.90 Å². The van der Waals surface area contributed by atoms with Crippen molar-refractivity contribution in [1.82, 2.24) is 19.4 Å². The zero-order valence-electron chi connectivity index (χ0n) is 16.0. The quantitative estimate of drug-likeness (QED) is 0.692. The van der Waals surface area contributed by atoms with E-state index in [4.69, 9.17) is 0 Å². The molecule has 1 aromatic rings. The molecule has 2 aliphatic heterocycles. The predicted octanol–water partition coefficient (Wildman–Crippen LogP) is 0.00690. The summed E-state index contributed by atoms with van der Waals surface area (Å²) in [6.45, 7) is 4.37. The number of piperazine rings is 1. The molecule has 0 N–H and O–H groups in total. The fourth-order valence-electron chi connectivity index (χ4n) is 3.37. The molecule has 2 aliphatic rings. The topological polar surface area (TPSA) is 90.0 Å². The molecule has 0 atom stereocenters. The molecule has 2 saturated heterocycles. The average molecular weight is 397 g/mol. The molecule has 27 heavy (non-hydrogen) atoms. The number of sulfonamides is 1. The van der Waals surface area contributed by atoms with Crippen LogP contribution in [0.25, 0.3) is 0 Å². The monoisotopic (exact) mass is 396 g/mol. The van der Waals surface area contributed by atoms with Crippen molar-refractivity contribution in [3.05, 3.63) is 12.1 Å². The van der Waals surface area contributed by atoms with Crippen LogP contribution < -0.4 is 9.80 Å². The number of hydrogen-bond acceptors (Lipinski definition) is 7. The summed E-state index contributed by atoms with van der Waals surface area (Å²) >= 11 is 0. The summed E-state index contributed by atoms with van der Waals surface area (Å²) < 4.78 is 24.0. The summed E-state index contributed by atoms with van der Waals surface area (Å²) in [6, 6.07) is 4.01. The maximum Gasteiger partial charge on any atom is 0.238 e. The van der Waals surface area contributed by atoms with E-state index in [1.165, 1.54) is 26.3 Å². The summed E-state index contributed by atoms with van der Waals surface area (Å²) in [7, 11) is -1.93. The molecule has 9 nitrogen and oxygen atoms in total. The molecule has 0 radical (unpaired) electrons. The highest BCUT2D eigenvalue weighted by molar-refractivity contribution is 7.88. The number of carbonyl (C=O) groups excluding carboxylic acids is 1. The summed E-state index contributed by atoms with van der Waals surface area (Å²) in [5.74, 6) is 1.57. The lowest BCUT2D eigenvalue weighted by atomic mass is 10.1. The summed E-state index contributed by atoms with van der Waals surface area (Å²) in [6.07, 6.45) is 4.79. The second-order valence-corrected chi connectivity index (χ2v) is 9.27. The minimum atomic E-state index is -3.35. The van der Waals surface area contributed by atoms with Gasteiger partial charge in [-0.3, -0.25) is 4.79 Å². The fourth-order valence-corrected chi connectivity index (χ4v) is 3.72. The van der Waals surface area contributed by atoms with Gasteiger partial charge in [0.1, 0.15) is 0 Å². The molecule has 0 saturated carbocycles. The smallest absolute Gasteiger partial charge is 0.238 e. The van der Waals surface area contributed by atoms with Gasteiger partial charge in [-0.1, -0.05) is 0 Å². The van der Waals surface area contributed by atoms with E-state index in [0.717, 1.165) is 35.3 Å². The lowest BCUT2D eigenvalue weighted by Crippen LogP contribution is -2.51. The third kappa shape index (κ3) is 5.07. The van der Waals surface area contributed by atoms with Gasteiger partial charge in [0.05, 0.1) is 12.8 Å². The molecule has 3 rings (SSSR count). The summed E-state index contributed by atoms with van der Waals surface area (Å²) in [5, 5.41) is 8.75. The lowest BCUT2D eigenvalue weighted by molar-refractivity contribution is -0.131. The van der Waals surface area contributed by atoms with Crippen LogP contribution in [0.15, 0.2) is 12.1 Å². The van der Waals surface area contributed by atoms with Gasteiger partial charge in [0.2, 0.25) is 15.9 Å². The number of rotatable bonds is 5. The van der Waals surface area contributed by atoms with Crippen LogP contribution in [-0.4, -0.2) is 92.8 Å². The van der Waals surface area contributed by atoms with Crippen LogP contribution in [0, 0.1) is 0 Å². The minimum Gasteiger partial charge on any atom is -0.355 e. The number of amides is 1. The van der Waals surface area contributed by atoms with Crippen molar-refractivity contribution >= 4 is 27.6 Å². The van der Waals surface area contributed by atoms with Crippen molar-refractivity contribution in [3.63, 3.8) is 0 Å². The van der Waals surface area contributed by atoms with E-state index >= 15 is 0 Å². The van der Waals surface area contributed by atoms with Gasteiger partial charge in [0, 0.05) is 46.3 Å². The van der Waals surface area contributed by atoms with Crippen LogP contribution in [0.1, 0.15) is 19.3 Å². The van der Waals surface area contributed by atoms with Crippen LogP contribution in [0.5, 0.6) is 0 Å². The fraction of sp³-hybridized carbons (Fsp3) is 0.706. The second kappa shape index (κ2) is 8.39. The number of anilines is 2. The maximum absolute atomic E-state index is 12.3. The molecule has 3 heterocycles. The van der Waals surface area contributed by atoms with Gasteiger partial charge in [-0.05, 0) is 31.4 Å². The normalized spacial score (nSPS) is 18.9. The largest absolute Gasteiger partial charge is 0.355 e. The highest BCUT2D eigenvalue weighted by Gasteiger charge is 2.25. The average Bonchev–Trinajstić information content (AvgIpc) is 2.68. The molecule has 1 aromatic heterocycles. The molecular formula is C17H28N6O3S. The standard InChI is InChI=1S/C17H28N6O3S/c1-20(27(2,25)26)14-17(24)23-12-10-22(11-13-23)16-7-6-15(18-19-16)21-8-4-3-5-9-21/h6-7H,3-5,8-14H2,1-2H3. The van der Waals surface area contributed by atoms with Crippen molar-refractivity contribution < 1.29 is 13.2 Å². The first kappa shape index (κ1) is 19.8. The van der Waals surface area contributed by atoms with Gasteiger partial charge in [0.15, 0.2) is 11.6 Å². The molecule has 1 amide bonds. The van der Waals surface area contributed by atoms with Crippen LogP contribution in [0.3, 0.4) is 0 Å².